The van der Waals surface area contributed by atoms with Crippen LogP contribution in [0.5, 0.6) is 0 Å². The minimum absolute atomic E-state index is 0.0498. The zero-order valence-corrected chi connectivity index (χ0v) is 14.0. The molecule has 0 aromatic carbocycles. The molecule has 23 heavy (non-hydrogen) atoms. The van der Waals surface area contributed by atoms with Crippen LogP contribution in [-0.4, -0.2) is 31.0 Å². The maximum absolute atomic E-state index is 12.4. The van der Waals surface area contributed by atoms with E-state index < -0.39 is 0 Å². The molecule has 0 radical (unpaired) electrons. The zero-order chi connectivity index (χ0) is 16.1. The lowest BCUT2D eigenvalue weighted by molar-refractivity contribution is 0.233. The van der Waals surface area contributed by atoms with E-state index in [-0.39, 0.29) is 5.56 Å². The smallest absolute Gasteiger partial charge is 0.255 e. The molecule has 0 bridgehead atoms. The third-order valence-electron chi connectivity index (χ3n) is 5.21. The van der Waals surface area contributed by atoms with Crippen molar-refractivity contribution in [1.82, 2.24) is 24.4 Å². The molecule has 0 amide bonds. The number of aromatic amines is 1. The van der Waals surface area contributed by atoms with Gasteiger partial charge in [0.2, 0.25) is 0 Å². The lowest BCUT2D eigenvalue weighted by atomic mass is 10.1. The van der Waals surface area contributed by atoms with Crippen LogP contribution in [0.15, 0.2) is 4.79 Å². The van der Waals surface area contributed by atoms with Crippen molar-refractivity contribution in [3.63, 3.8) is 0 Å². The Labute approximate surface area is 135 Å². The Morgan fingerprint density at radius 2 is 2.04 bits per heavy atom. The zero-order valence-electron chi connectivity index (χ0n) is 14.0. The van der Waals surface area contributed by atoms with Crippen molar-refractivity contribution in [2.24, 2.45) is 7.05 Å². The summed E-state index contributed by atoms with van der Waals surface area (Å²) in [5, 5.41) is 0. The van der Waals surface area contributed by atoms with Crippen molar-refractivity contribution in [3.05, 3.63) is 44.6 Å². The Hall–Kier alpha value is -1.95. The van der Waals surface area contributed by atoms with Crippen molar-refractivity contribution < 1.29 is 0 Å². The predicted molar refractivity (Wildman–Crippen MR) is 87.3 cm³/mol. The number of H-pyrrole nitrogens is 1. The fourth-order valence-electron chi connectivity index (χ4n) is 3.31. The summed E-state index contributed by atoms with van der Waals surface area (Å²) in [6, 6.07) is 0. The van der Waals surface area contributed by atoms with Crippen molar-refractivity contribution in [2.45, 2.75) is 52.1 Å². The van der Waals surface area contributed by atoms with Gasteiger partial charge in [-0.1, -0.05) is 0 Å². The summed E-state index contributed by atoms with van der Waals surface area (Å²) in [5.74, 6) is 2.45. The number of imidazole rings is 1. The van der Waals surface area contributed by atoms with Crippen LogP contribution in [-0.2, 0) is 26.6 Å². The van der Waals surface area contributed by atoms with Crippen molar-refractivity contribution in [1.29, 1.82) is 0 Å². The SMILES string of the molecule is Cc1nc(CN2CCc3nc(C4CC4)[nH]c(=O)c3C2)n(C)c1C. The number of hydrogen-bond donors (Lipinski definition) is 1. The number of fused-ring (bicyclic) bond motifs is 1. The third kappa shape index (κ3) is 2.61. The number of nitrogens with one attached hydrogen (secondary N) is 1. The molecule has 3 heterocycles. The van der Waals surface area contributed by atoms with Gasteiger partial charge in [-0.2, -0.15) is 0 Å². The van der Waals surface area contributed by atoms with Gasteiger partial charge in [0.15, 0.2) is 0 Å². The van der Waals surface area contributed by atoms with Crippen molar-refractivity contribution in [3.8, 4) is 0 Å². The van der Waals surface area contributed by atoms with Crippen LogP contribution in [0.2, 0.25) is 0 Å². The Morgan fingerprint density at radius 1 is 1.26 bits per heavy atom. The summed E-state index contributed by atoms with van der Waals surface area (Å²) in [6.07, 6.45) is 3.17. The van der Waals surface area contributed by atoms with E-state index in [1.807, 2.05) is 6.92 Å². The van der Waals surface area contributed by atoms with Gasteiger partial charge in [-0.15, -0.1) is 0 Å². The topological polar surface area (TPSA) is 66.8 Å². The molecular formula is C17H23N5O. The summed E-state index contributed by atoms with van der Waals surface area (Å²) in [6.45, 7) is 6.49. The number of aryl methyl sites for hydroxylation is 1. The first-order valence-electron chi connectivity index (χ1n) is 8.36. The molecule has 1 aliphatic heterocycles. The van der Waals surface area contributed by atoms with E-state index in [2.05, 4.69) is 33.4 Å². The highest BCUT2D eigenvalue weighted by atomic mass is 16.1. The van der Waals surface area contributed by atoms with Crippen LogP contribution in [0.4, 0.5) is 0 Å². The van der Waals surface area contributed by atoms with Gasteiger partial charge in [-0.25, -0.2) is 9.97 Å². The van der Waals surface area contributed by atoms with Gasteiger partial charge in [0.1, 0.15) is 11.6 Å². The minimum atomic E-state index is 0.0498. The second-order valence-electron chi connectivity index (χ2n) is 6.87. The molecule has 0 unspecified atom stereocenters. The highest BCUT2D eigenvalue weighted by Gasteiger charge is 2.29. The molecule has 1 aliphatic carbocycles. The van der Waals surface area contributed by atoms with Gasteiger partial charge < -0.3 is 9.55 Å². The van der Waals surface area contributed by atoms with E-state index in [1.54, 1.807) is 0 Å². The number of hydrogen-bond acceptors (Lipinski definition) is 4. The highest BCUT2D eigenvalue weighted by molar-refractivity contribution is 5.23. The van der Waals surface area contributed by atoms with Gasteiger partial charge in [0, 0.05) is 38.2 Å². The Kier molecular flexibility index (Phi) is 3.37. The largest absolute Gasteiger partial charge is 0.334 e. The molecule has 6 heteroatoms. The highest BCUT2D eigenvalue weighted by Crippen LogP contribution is 2.37. The van der Waals surface area contributed by atoms with E-state index in [4.69, 9.17) is 4.98 Å². The molecule has 1 N–H and O–H groups in total. The second kappa shape index (κ2) is 5.30. The molecule has 6 nitrogen and oxygen atoms in total. The van der Waals surface area contributed by atoms with Crippen molar-refractivity contribution >= 4 is 0 Å². The molecule has 2 aromatic heterocycles. The quantitative estimate of drug-likeness (QED) is 0.934. The number of aromatic nitrogens is 4. The van der Waals surface area contributed by atoms with Gasteiger partial charge in [0.05, 0.1) is 23.5 Å². The molecule has 1 saturated carbocycles. The van der Waals surface area contributed by atoms with Gasteiger partial charge in [0.25, 0.3) is 5.56 Å². The Morgan fingerprint density at radius 3 is 2.70 bits per heavy atom. The van der Waals surface area contributed by atoms with Crippen LogP contribution in [0.25, 0.3) is 0 Å². The van der Waals surface area contributed by atoms with Crippen LogP contribution < -0.4 is 5.56 Å². The summed E-state index contributed by atoms with van der Waals surface area (Å²) in [4.78, 5) is 27.0. The predicted octanol–water partition coefficient (Wildman–Crippen LogP) is 1.56. The van der Waals surface area contributed by atoms with Gasteiger partial charge in [-0.05, 0) is 26.7 Å². The standard InChI is InChI=1S/C17H23N5O/c1-10-11(2)21(3)15(18-10)9-22-7-6-14-13(8-22)17(23)20-16(19-14)12-4-5-12/h12H,4-9H2,1-3H3,(H,19,20,23). The Bertz CT molecular complexity index is 815. The monoisotopic (exact) mass is 313 g/mol. The molecular weight excluding hydrogens is 290 g/mol. The molecule has 4 rings (SSSR count). The lowest BCUT2D eigenvalue weighted by Crippen LogP contribution is -2.36. The molecule has 0 spiro atoms. The van der Waals surface area contributed by atoms with Crippen molar-refractivity contribution in [2.75, 3.05) is 6.54 Å². The van der Waals surface area contributed by atoms with Crippen LogP contribution in [0.3, 0.4) is 0 Å². The molecule has 122 valence electrons. The maximum atomic E-state index is 12.4. The maximum Gasteiger partial charge on any atom is 0.255 e. The van der Waals surface area contributed by atoms with Gasteiger partial charge in [-0.3, -0.25) is 9.69 Å². The van der Waals surface area contributed by atoms with Crippen LogP contribution >= 0.6 is 0 Å². The van der Waals surface area contributed by atoms with E-state index in [9.17, 15) is 4.79 Å². The summed E-state index contributed by atoms with van der Waals surface area (Å²) in [5.41, 5.74) is 4.16. The van der Waals surface area contributed by atoms with Gasteiger partial charge >= 0.3 is 0 Å². The summed E-state index contributed by atoms with van der Waals surface area (Å²) >= 11 is 0. The van der Waals surface area contributed by atoms with E-state index >= 15 is 0 Å². The first-order chi connectivity index (χ1) is 11.0. The van der Waals surface area contributed by atoms with Crippen LogP contribution in [0, 0.1) is 13.8 Å². The van der Waals surface area contributed by atoms with E-state index in [0.29, 0.717) is 12.5 Å². The number of nitrogens with zero attached hydrogens (tertiary/aromatic N) is 4. The third-order valence-corrected chi connectivity index (χ3v) is 5.21. The average molecular weight is 313 g/mol. The first kappa shape index (κ1) is 14.6. The van der Waals surface area contributed by atoms with Crippen LogP contribution in [0.1, 0.15) is 53.1 Å². The first-order valence-corrected chi connectivity index (χ1v) is 8.36. The Balaban J connectivity index is 1.56. The molecule has 0 saturated heterocycles. The summed E-state index contributed by atoms with van der Waals surface area (Å²) < 4.78 is 2.14. The molecule has 1 fully saturated rings. The lowest BCUT2D eigenvalue weighted by Gasteiger charge is -2.27. The average Bonchev–Trinajstić information content (AvgIpc) is 3.34. The second-order valence-corrected chi connectivity index (χ2v) is 6.87. The summed E-state index contributed by atoms with van der Waals surface area (Å²) in [7, 11) is 2.05. The molecule has 2 aromatic rings. The normalized spacial score (nSPS) is 18.2. The van der Waals surface area contributed by atoms with E-state index in [0.717, 1.165) is 61.0 Å². The fraction of sp³-hybridized carbons (Fsp3) is 0.588. The molecule has 2 aliphatic rings. The van der Waals surface area contributed by atoms with E-state index in [1.165, 1.54) is 5.69 Å². The number of rotatable bonds is 3. The minimum Gasteiger partial charge on any atom is -0.334 e. The molecule has 0 atom stereocenters. The fourth-order valence-corrected chi connectivity index (χ4v) is 3.31.